The van der Waals surface area contributed by atoms with Gasteiger partial charge in [0.05, 0.1) is 6.21 Å². The summed E-state index contributed by atoms with van der Waals surface area (Å²) in [5, 5.41) is 5.98. The molecule has 0 bridgehead atoms. The van der Waals surface area contributed by atoms with Crippen molar-refractivity contribution in [2.24, 2.45) is 5.10 Å². The molecule has 1 aromatic carbocycles. The van der Waals surface area contributed by atoms with E-state index in [-0.39, 0.29) is 5.91 Å². The first-order valence-corrected chi connectivity index (χ1v) is 7.11. The lowest BCUT2D eigenvalue weighted by Gasteiger charge is -2.12. The quantitative estimate of drug-likeness (QED) is 0.694. The molecular formula is C15H17N3OS. The van der Waals surface area contributed by atoms with Crippen LogP contribution in [-0.2, 0) is 0 Å². The third kappa shape index (κ3) is 3.45. The molecule has 5 heteroatoms. The number of amides is 1. The Labute approximate surface area is 122 Å². The van der Waals surface area contributed by atoms with Crippen molar-refractivity contribution in [3.63, 3.8) is 0 Å². The molecule has 1 amide bonds. The second-order valence-corrected chi connectivity index (χ2v) is 5.56. The molecule has 0 aliphatic rings. The van der Waals surface area contributed by atoms with Crippen LogP contribution in [0.2, 0.25) is 0 Å². The molecule has 2 aromatic rings. The van der Waals surface area contributed by atoms with Gasteiger partial charge in [0.25, 0.3) is 5.91 Å². The maximum absolute atomic E-state index is 11.9. The zero-order valence-corrected chi connectivity index (χ0v) is 12.6. The van der Waals surface area contributed by atoms with Crippen molar-refractivity contribution >= 4 is 29.1 Å². The van der Waals surface area contributed by atoms with Gasteiger partial charge in [0, 0.05) is 30.2 Å². The smallest absolute Gasteiger partial charge is 0.271 e. The van der Waals surface area contributed by atoms with E-state index in [1.54, 1.807) is 29.7 Å². The van der Waals surface area contributed by atoms with E-state index in [1.807, 2.05) is 49.5 Å². The molecule has 20 heavy (non-hydrogen) atoms. The Kier molecular flexibility index (Phi) is 4.53. The molecule has 2 rings (SSSR count). The molecule has 4 nitrogen and oxygen atoms in total. The lowest BCUT2D eigenvalue weighted by Crippen LogP contribution is -2.17. The summed E-state index contributed by atoms with van der Waals surface area (Å²) in [7, 11) is 3.92. The van der Waals surface area contributed by atoms with Crippen LogP contribution in [0.4, 0.5) is 5.69 Å². The molecule has 1 aromatic heterocycles. The van der Waals surface area contributed by atoms with Crippen LogP contribution < -0.4 is 10.3 Å². The lowest BCUT2D eigenvalue weighted by molar-refractivity contribution is 0.0955. The van der Waals surface area contributed by atoms with Crippen molar-refractivity contribution in [3.8, 4) is 0 Å². The second-order valence-electron chi connectivity index (χ2n) is 4.61. The van der Waals surface area contributed by atoms with E-state index in [1.165, 1.54) is 0 Å². The lowest BCUT2D eigenvalue weighted by atomic mass is 10.2. The number of nitrogens with one attached hydrogen (secondary N) is 1. The fraction of sp³-hybridized carbons (Fsp3) is 0.200. The van der Waals surface area contributed by atoms with Crippen LogP contribution in [0.15, 0.2) is 40.8 Å². The van der Waals surface area contributed by atoms with Crippen LogP contribution in [0.25, 0.3) is 0 Å². The number of benzene rings is 1. The Morgan fingerprint density at radius 1 is 1.25 bits per heavy atom. The Hall–Kier alpha value is -2.14. The summed E-state index contributed by atoms with van der Waals surface area (Å²) in [5.74, 6) is -0.208. The van der Waals surface area contributed by atoms with Crippen molar-refractivity contribution in [2.45, 2.75) is 6.92 Å². The second kappa shape index (κ2) is 6.34. The number of carbonyl (C=O) groups is 1. The number of hydrazone groups is 1. The molecular weight excluding hydrogens is 270 g/mol. The minimum absolute atomic E-state index is 0.208. The normalized spacial score (nSPS) is 10.8. The molecule has 0 unspecified atom stereocenters. The number of hydrogen-bond donors (Lipinski definition) is 1. The number of anilines is 1. The first-order chi connectivity index (χ1) is 9.58. The van der Waals surface area contributed by atoms with Crippen LogP contribution in [0, 0.1) is 6.92 Å². The number of thiophene rings is 1. The number of aryl methyl sites for hydroxylation is 1. The van der Waals surface area contributed by atoms with Gasteiger partial charge in [-0.3, -0.25) is 4.79 Å². The Morgan fingerprint density at radius 3 is 2.50 bits per heavy atom. The Bertz CT molecular complexity index is 614. The molecule has 104 valence electrons. The predicted octanol–water partition coefficient (Wildman–Crippen LogP) is 2.89. The number of nitrogens with zero attached hydrogens (tertiary/aromatic N) is 2. The van der Waals surface area contributed by atoms with Gasteiger partial charge in [-0.05, 0) is 48.2 Å². The summed E-state index contributed by atoms with van der Waals surface area (Å²) in [6, 6.07) is 9.41. The van der Waals surface area contributed by atoms with Crippen molar-refractivity contribution in [2.75, 3.05) is 19.0 Å². The summed E-state index contributed by atoms with van der Waals surface area (Å²) in [6.45, 7) is 2.01. The minimum atomic E-state index is -0.208. The molecule has 0 fully saturated rings. The van der Waals surface area contributed by atoms with E-state index in [2.05, 4.69) is 10.5 Å². The average molecular weight is 287 g/mol. The van der Waals surface area contributed by atoms with Crippen molar-refractivity contribution in [1.29, 1.82) is 0 Å². The zero-order valence-electron chi connectivity index (χ0n) is 11.8. The molecule has 0 aliphatic carbocycles. The van der Waals surface area contributed by atoms with Crippen LogP contribution in [-0.4, -0.2) is 26.2 Å². The van der Waals surface area contributed by atoms with Gasteiger partial charge in [0.1, 0.15) is 0 Å². The van der Waals surface area contributed by atoms with E-state index in [4.69, 9.17) is 0 Å². The predicted molar refractivity (Wildman–Crippen MR) is 84.9 cm³/mol. The van der Waals surface area contributed by atoms with Crippen molar-refractivity contribution < 1.29 is 4.79 Å². The van der Waals surface area contributed by atoms with Crippen LogP contribution in [0.1, 0.15) is 20.8 Å². The standard InChI is InChI=1S/C15H17N3OS/c1-11-8-9-20-14(11)10-16-17-15(19)12-4-6-13(7-5-12)18(2)3/h4-10H,1-3H3,(H,17,19)/b16-10-. The zero-order chi connectivity index (χ0) is 14.5. The topological polar surface area (TPSA) is 44.7 Å². The third-order valence-corrected chi connectivity index (χ3v) is 3.85. The first-order valence-electron chi connectivity index (χ1n) is 6.23. The van der Waals surface area contributed by atoms with Crippen LogP contribution in [0.3, 0.4) is 0 Å². The SMILES string of the molecule is Cc1ccsc1/C=N\NC(=O)c1ccc(N(C)C)cc1. The number of rotatable bonds is 4. The van der Waals surface area contributed by atoms with Gasteiger partial charge < -0.3 is 4.90 Å². The largest absolute Gasteiger partial charge is 0.378 e. The third-order valence-electron chi connectivity index (χ3n) is 2.90. The molecule has 0 radical (unpaired) electrons. The van der Waals surface area contributed by atoms with E-state index in [0.717, 1.165) is 16.1 Å². The van der Waals surface area contributed by atoms with E-state index >= 15 is 0 Å². The summed E-state index contributed by atoms with van der Waals surface area (Å²) in [6.07, 6.45) is 1.67. The van der Waals surface area contributed by atoms with Gasteiger partial charge in [-0.25, -0.2) is 5.43 Å². The fourth-order valence-electron chi connectivity index (χ4n) is 1.64. The highest BCUT2D eigenvalue weighted by molar-refractivity contribution is 7.11. The molecule has 0 aliphatic heterocycles. The van der Waals surface area contributed by atoms with E-state index < -0.39 is 0 Å². The molecule has 0 saturated heterocycles. The van der Waals surface area contributed by atoms with Crippen LogP contribution >= 0.6 is 11.3 Å². The molecule has 0 saturated carbocycles. The first kappa shape index (κ1) is 14.3. The Morgan fingerprint density at radius 2 is 1.95 bits per heavy atom. The minimum Gasteiger partial charge on any atom is -0.378 e. The highest BCUT2D eigenvalue weighted by atomic mass is 32.1. The average Bonchev–Trinajstić information content (AvgIpc) is 2.84. The van der Waals surface area contributed by atoms with Gasteiger partial charge in [-0.15, -0.1) is 11.3 Å². The molecule has 1 heterocycles. The van der Waals surface area contributed by atoms with Gasteiger partial charge >= 0.3 is 0 Å². The van der Waals surface area contributed by atoms with Crippen LogP contribution in [0.5, 0.6) is 0 Å². The Balaban J connectivity index is 1.98. The molecule has 0 spiro atoms. The summed E-state index contributed by atoms with van der Waals surface area (Å²) < 4.78 is 0. The van der Waals surface area contributed by atoms with Gasteiger partial charge in [-0.2, -0.15) is 5.10 Å². The van der Waals surface area contributed by atoms with Crippen molar-refractivity contribution in [1.82, 2.24) is 5.43 Å². The maximum Gasteiger partial charge on any atom is 0.271 e. The van der Waals surface area contributed by atoms with E-state index in [9.17, 15) is 4.79 Å². The van der Waals surface area contributed by atoms with Gasteiger partial charge in [-0.1, -0.05) is 0 Å². The highest BCUT2D eigenvalue weighted by Crippen LogP contribution is 2.13. The highest BCUT2D eigenvalue weighted by Gasteiger charge is 2.04. The molecule has 1 N–H and O–H groups in total. The summed E-state index contributed by atoms with van der Waals surface area (Å²) in [5.41, 5.74) is 5.34. The fourth-order valence-corrected chi connectivity index (χ4v) is 2.43. The van der Waals surface area contributed by atoms with E-state index in [0.29, 0.717) is 5.56 Å². The van der Waals surface area contributed by atoms with Crippen molar-refractivity contribution in [3.05, 3.63) is 51.7 Å². The number of carbonyl (C=O) groups excluding carboxylic acids is 1. The summed E-state index contributed by atoms with van der Waals surface area (Å²) in [4.78, 5) is 14.9. The number of hydrogen-bond acceptors (Lipinski definition) is 4. The van der Waals surface area contributed by atoms with Gasteiger partial charge in [0.15, 0.2) is 0 Å². The summed E-state index contributed by atoms with van der Waals surface area (Å²) >= 11 is 1.60. The maximum atomic E-state index is 11.9. The van der Waals surface area contributed by atoms with Gasteiger partial charge in [0.2, 0.25) is 0 Å². The molecule has 0 atom stereocenters. The monoisotopic (exact) mass is 287 g/mol.